The van der Waals surface area contributed by atoms with Crippen LogP contribution in [0.15, 0.2) is 72.8 Å². The van der Waals surface area contributed by atoms with Crippen molar-refractivity contribution in [1.82, 2.24) is 0 Å². The lowest BCUT2D eigenvalue weighted by atomic mass is 10.2. The highest BCUT2D eigenvalue weighted by molar-refractivity contribution is 7.80. The van der Waals surface area contributed by atoms with E-state index in [0.717, 1.165) is 28.5 Å². The Kier molecular flexibility index (Phi) is 7.24. The van der Waals surface area contributed by atoms with Gasteiger partial charge in [-0.25, -0.2) is 0 Å². The summed E-state index contributed by atoms with van der Waals surface area (Å²) in [5.41, 5.74) is 4.43. The number of thiocarbonyl (C=S) groups is 1. The standard InChI is InChI=1S/C23H24N4O2S/c1-16(28)25-18-8-10-19(11-9-18)26-23(30)27-21-13-12-20(29-2)14-22(21)24-15-17-6-4-3-5-7-17/h3-14,24H,15H2,1-2H3,(H,25,28)(H2,26,27,30). The maximum atomic E-state index is 11.1. The fraction of sp³-hybridized carbons (Fsp3) is 0.130. The smallest absolute Gasteiger partial charge is 0.221 e. The summed E-state index contributed by atoms with van der Waals surface area (Å²) in [5.74, 6) is 0.645. The van der Waals surface area contributed by atoms with Crippen molar-refractivity contribution in [3.63, 3.8) is 0 Å². The van der Waals surface area contributed by atoms with E-state index in [0.29, 0.717) is 11.7 Å². The number of hydrogen-bond donors (Lipinski definition) is 4. The Balaban J connectivity index is 1.67. The third-order valence-corrected chi connectivity index (χ3v) is 4.47. The van der Waals surface area contributed by atoms with Gasteiger partial charge in [0.25, 0.3) is 0 Å². The molecule has 0 aliphatic heterocycles. The van der Waals surface area contributed by atoms with Crippen LogP contribution in [0.4, 0.5) is 22.7 Å². The van der Waals surface area contributed by atoms with Crippen molar-refractivity contribution < 1.29 is 9.53 Å². The summed E-state index contributed by atoms with van der Waals surface area (Å²) in [5, 5.41) is 13.0. The van der Waals surface area contributed by atoms with Gasteiger partial charge in [-0.05, 0) is 54.2 Å². The van der Waals surface area contributed by atoms with Crippen molar-refractivity contribution in [2.45, 2.75) is 13.5 Å². The Morgan fingerprint density at radius 3 is 2.17 bits per heavy atom. The first-order valence-electron chi connectivity index (χ1n) is 9.45. The van der Waals surface area contributed by atoms with Gasteiger partial charge in [-0.1, -0.05) is 30.3 Å². The Bertz CT molecular complexity index is 1010. The molecule has 1 amide bonds. The van der Waals surface area contributed by atoms with Crippen LogP contribution in [0.5, 0.6) is 5.75 Å². The lowest BCUT2D eigenvalue weighted by Crippen LogP contribution is -2.20. The predicted molar refractivity (Wildman–Crippen MR) is 127 cm³/mol. The van der Waals surface area contributed by atoms with Crippen LogP contribution < -0.4 is 26.0 Å². The second-order valence-electron chi connectivity index (χ2n) is 6.59. The summed E-state index contributed by atoms with van der Waals surface area (Å²) in [6.45, 7) is 2.15. The number of carbonyl (C=O) groups is 1. The third kappa shape index (κ3) is 6.22. The van der Waals surface area contributed by atoms with Crippen molar-refractivity contribution in [1.29, 1.82) is 0 Å². The topological polar surface area (TPSA) is 74.4 Å². The maximum absolute atomic E-state index is 11.1. The molecule has 0 spiro atoms. The molecule has 6 nitrogen and oxygen atoms in total. The summed E-state index contributed by atoms with van der Waals surface area (Å²) in [6.07, 6.45) is 0. The van der Waals surface area contributed by atoms with Gasteiger partial charge >= 0.3 is 0 Å². The van der Waals surface area contributed by atoms with Crippen molar-refractivity contribution in [3.05, 3.63) is 78.4 Å². The molecule has 0 saturated carbocycles. The molecular formula is C23H24N4O2S. The number of hydrogen-bond acceptors (Lipinski definition) is 4. The minimum Gasteiger partial charge on any atom is -0.497 e. The molecule has 0 aliphatic carbocycles. The maximum Gasteiger partial charge on any atom is 0.221 e. The van der Waals surface area contributed by atoms with Crippen molar-refractivity contribution >= 4 is 46.0 Å². The van der Waals surface area contributed by atoms with Crippen molar-refractivity contribution in [2.75, 3.05) is 28.4 Å². The molecule has 0 aliphatic rings. The van der Waals surface area contributed by atoms with Crippen molar-refractivity contribution in [3.8, 4) is 5.75 Å². The average Bonchev–Trinajstić information content (AvgIpc) is 2.74. The van der Waals surface area contributed by atoms with E-state index in [4.69, 9.17) is 17.0 Å². The summed E-state index contributed by atoms with van der Waals surface area (Å²) >= 11 is 5.47. The molecule has 0 fully saturated rings. The quantitative estimate of drug-likeness (QED) is 0.400. The Hall–Kier alpha value is -3.58. The number of methoxy groups -OCH3 is 1. The van der Waals surface area contributed by atoms with E-state index in [-0.39, 0.29) is 5.91 Å². The van der Waals surface area contributed by atoms with Crippen LogP contribution in [0, 0.1) is 0 Å². The zero-order chi connectivity index (χ0) is 21.3. The van der Waals surface area contributed by atoms with Crippen LogP contribution in [0.3, 0.4) is 0 Å². The van der Waals surface area contributed by atoms with Gasteiger partial charge in [-0.15, -0.1) is 0 Å². The normalized spacial score (nSPS) is 10.1. The highest BCUT2D eigenvalue weighted by Gasteiger charge is 2.07. The molecule has 154 valence electrons. The van der Waals surface area contributed by atoms with Gasteiger partial charge < -0.3 is 26.0 Å². The van der Waals surface area contributed by atoms with E-state index in [1.165, 1.54) is 12.5 Å². The molecule has 3 aromatic rings. The minimum absolute atomic E-state index is 0.108. The summed E-state index contributed by atoms with van der Waals surface area (Å²) in [6, 6.07) is 23.2. The van der Waals surface area contributed by atoms with E-state index >= 15 is 0 Å². The number of amides is 1. The van der Waals surface area contributed by atoms with Gasteiger partial charge in [-0.3, -0.25) is 4.79 Å². The van der Waals surface area contributed by atoms with Gasteiger partial charge in [0.2, 0.25) is 5.91 Å². The number of benzene rings is 3. The van der Waals surface area contributed by atoms with Crippen molar-refractivity contribution in [2.24, 2.45) is 0 Å². The largest absolute Gasteiger partial charge is 0.497 e. The van der Waals surface area contributed by atoms with E-state index < -0.39 is 0 Å². The molecule has 0 heterocycles. The summed E-state index contributed by atoms with van der Waals surface area (Å²) in [7, 11) is 1.64. The van der Waals surface area contributed by atoms with Crippen LogP contribution in [0.2, 0.25) is 0 Å². The number of anilines is 4. The zero-order valence-corrected chi connectivity index (χ0v) is 17.7. The third-order valence-electron chi connectivity index (χ3n) is 4.26. The highest BCUT2D eigenvalue weighted by atomic mass is 32.1. The fourth-order valence-corrected chi connectivity index (χ4v) is 3.05. The number of ether oxygens (including phenoxy) is 1. The van der Waals surface area contributed by atoms with Crippen LogP contribution in [-0.2, 0) is 11.3 Å². The first kappa shape index (κ1) is 21.1. The first-order chi connectivity index (χ1) is 14.5. The predicted octanol–water partition coefficient (Wildman–Crippen LogP) is 5.07. The number of carbonyl (C=O) groups excluding carboxylic acids is 1. The molecular weight excluding hydrogens is 396 g/mol. The molecule has 7 heteroatoms. The molecule has 0 aromatic heterocycles. The zero-order valence-electron chi connectivity index (χ0n) is 16.9. The SMILES string of the molecule is COc1ccc(NC(=S)Nc2ccc(NC(C)=O)cc2)c(NCc2ccccc2)c1. The lowest BCUT2D eigenvalue weighted by Gasteiger charge is -2.17. The Labute approximate surface area is 181 Å². The average molecular weight is 421 g/mol. The van der Waals surface area contributed by atoms with E-state index in [9.17, 15) is 4.79 Å². The lowest BCUT2D eigenvalue weighted by molar-refractivity contribution is -0.114. The van der Waals surface area contributed by atoms with Crippen LogP contribution in [0.1, 0.15) is 12.5 Å². The highest BCUT2D eigenvalue weighted by Crippen LogP contribution is 2.28. The van der Waals surface area contributed by atoms with Gasteiger partial charge in [-0.2, -0.15) is 0 Å². The first-order valence-corrected chi connectivity index (χ1v) is 9.86. The van der Waals surface area contributed by atoms with E-state index in [1.807, 2.05) is 60.7 Å². The van der Waals surface area contributed by atoms with Gasteiger partial charge in [0.15, 0.2) is 5.11 Å². The molecule has 4 N–H and O–H groups in total. The molecule has 3 rings (SSSR count). The second-order valence-corrected chi connectivity index (χ2v) is 7.00. The van der Waals surface area contributed by atoms with E-state index in [1.54, 1.807) is 7.11 Å². The number of rotatable bonds is 7. The Morgan fingerprint density at radius 2 is 1.53 bits per heavy atom. The monoisotopic (exact) mass is 420 g/mol. The van der Waals surface area contributed by atoms with Gasteiger partial charge in [0.05, 0.1) is 18.5 Å². The fourth-order valence-electron chi connectivity index (χ4n) is 2.82. The van der Waals surface area contributed by atoms with Crippen LogP contribution in [0.25, 0.3) is 0 Å². The van der Waals surface area contributed by atoms with Crippen LogP contribution >= 0.6 is 12.2 Å². The summed E-state index contributed by atoms with van der Waals surface area (Å²) < 4.78 is 5.35. The molecule has 3 aromatic carbocycles. The second kappa shape index (κ2) is 10.3. The van der Waals surface area contributed by atoms with E-state index in [2.05, 4.69) is 33.4 Å². The minimum atomic E-state index is -0.108. The number of nitrogens with one attached hydrogen (secondary N) is 4. The molecule has 0 saturated heterocycles. The summed E-state index contributed by atoms with van der Waals surface area (Å²) in [4.78, 5) is 11.1. The molecule has 0 atom stereocenters. The molecule has 30 heavy (non-hydrogen) atoms. The Morgan fingerprint density at radius 1 is 0.867 bits per heavy atom. The molecule has 0 radical (unpaired) electrons. The van der Waals surface area contributed by atoms with Gasteiger partial charge in [0.1, 0.15) is 5.75 Å². The van der Waals surface area contributed by atoms with Crippen LogP contribution in [-0.4, -0.2) is 18.1 Å². The van der Waals surface area contributed by atoms with Gasteiger partial charge in [0, 0.05) is 30.9 Å². The molecule has 0 unspecified atom stereocenters. The molecule has 0 bridgehead atoms.